The van der Waals surface area contributed by atoms with E-state index in [0.717, 1.165) is 23.4 Å². The molecule has 5 nitrogen and oxygen atoms in total. The lowest BCUT2D eigenvalue weighted by Gasteiger charge is -2.32. The molecule has 1 unspecified atom stereocenters. The van der Waals surface area contributed by atoms with E-state index in [9.17, 15) is 4.79 Å². The van der Waals surface area contributed by atoms with Crippen LogP contribution >= 0.6 is 0 Å². The minimum absolute atomic E-state index is 0.0481. The fourth-order valence-electron chi connectivity index (χ4n) is 3.13. The number of amides is 1. The van der Waals surface area contributed by atoms with Gasteiger partial charge in [-0.25, -0.2) is 4.68 Å². The SMILES string of the molecule is NC1Cc2ccccc2N(C(=O)c2cnn(-c3ccccc3)c2)C1. The van der Waals surface area contributed by atoms with Crippen molar-refractivity contribution in [2.45, 2.75) is 12.5 Å². The number of para-hydroxylation sites is 2. The highest BCUT2D eigenvalue weighted by atomic mass is 16.2. The molecule has 120 valence electrons. The van der Waals surface area contributed by atoms with Crippen molar-refractivity contribution in [1.82, 2.24) is 9.78 Å². The predicted molar refractivity (Wildman–Crippen MR) is 93.4 cm³/mol. The van der Waals surface area contributed by atoms with Crippen LogP contribution in [0.5, 0.6) is 0 Å². The van der Waals surface area contributed by atoms with E-state index in [0.29, 0.717) is 12.1 Å². The first-order valence-electron chi connectivity index (χ1n) is 7.98. The third-order valence-electron chi connectivity index (χ3n) is 4.28. The standard InChI is InChI=1S/C19H18N4O/c20-16-10-14-6-4-5-9-18(14)22(13-16)19(24)15-11-21-23(12-15)17-7-2-1-3-8-17/h1-9,11-12,16H,10,13,20H2. The maximum Gasteiger partial charge on any atom is 0.261 e. The van der Waals surface area contributed by atoms with Gasteiger partial charge in [0.1, 0.15) is 0 Å². The third-order valence-corrected chi connectivity index (χ3v) is 4.28. The second-order valence-electron chi connectivity index (χ2n) is 6.02. The molecule has 2 N–H and O–H groups in total. The molecule has 5 heteroatoms. The monoisotopic (exact) mass is 318 g/mol. The van der Waals surface area contributed by atoms with Gasteiger partial charge in [-0.15, -0.1) is 0 Å². The van der Waals surface area contributed by atoms with E-state index in [2.05, 4.69) is 5.10 Å². The van der Waals surface area contributed by atoms with Crippen LogP contribution in [0.4, 0.5) is 5.69 Å². The molecular formula is C19H18N4O. The van der Waals surface area contributed by atoms with Crippen LogP contribution in [-0.2, 0) is 6.42 Å². The molecule has 24 heavy (non-hydrogen) atoms. The minimum Gasteiger partial charge on any atom is -0.326 e. The predicted octanol–water partition coefficient (Wildman–Crippen LogP) is 2.40. The summed E-state index contributed by atoms with van der Waals surface area (Å²) in [5.74, 6) is -0.0696. The average Bonchev–Trinajstić information content (AvgIpc) is 3.11. The molecule has 0 fully saturated rings. The molecule has 2 heterocycles. The van der Waals surface area contributed by atoms with Crippen LogP contribution in [-0.4, -0.2) is 28.3 Å². The molecule has 0 saturated carbocycles. The summed E-state index contributed by atoms with van der Waals surface area (Å²) in [6.45, 7) is 0.520. The second kappa shape index (κ2) is 5.94. The quantitative estimate of drug-likeness (QED) is 0.789. The van der Waals surface area contributed by atoms with E-state index < -0.39 is 0 Å². The molecule has 1 aliphatic heterocycles. The van der Waals surface area contributed by atoms with E-state index in [1.54, 1.807) is 22.0 Å². The van der Waals surface area contributed by atoms with Crippen LogP contribution in [0.2, 0.25) is 0 Å². The largest absolute Gasteiger partial charge is 0.326 e. The summed E-state index contributed by atoms with van der Waals surface area (Å²) in [5, 5.41) is 4.32. The Balaban J connectivity index is 1.66. The molecule has 0 spiro atoms. The summed E-state index contributed by atoms with van der Waals surface area (Å²) in [7, 11) is 0. The van der Waals surface area contributed by atoms with Gasteiger partial charge in [0.15, 0.2) is 0 Å². The first-order chi connectivity index (χ1) is 11.7. The van der Waals surface area contributed by atoms with Gasteiger partial charge in [-0.05, 0) is 30.2 Å². The van der Waals surface area contributed by atoms with Gasteiger partial charge in [0, 0.05) is 24.5 Å². The fourth-order valence-corrected chi connectivity index (χ4v) is 3.13. The van der Waals surface area contributed by atoms with Crippen molar-refractivity contribution in [2.24, 2.45) is 5.73 Å². The molecule has 0 radical (unpaired) electrons. The van der Waals surface area contributed by atoms with Gasteiger partial charge in [0.05, 0.1) is 17.4 Å². The van der Waals surface area contributed by atoms with Crippen molar-refractivity contribution in [1.29, 1.82) is 0 Å². The van der Waals surface area contributed by atoms with Crippen molar-refractivity contribution in [3.8, 4) is 5.69 Å². The number of aromatic nitrogens is 2. The minimum atomic E-state index is -0.0696. The number of nitrogens with two attached hydrogens (primary N) is 1. The molecule has 1 atom stereocenters. The Bertz CT molecular complexity index is 872. The van der Waals surface area contributed by atoms with Crippen molar-refractivity contribution in [3.63, 3.8) is 0 Å². The van der Waals surface area contributed by atoms with E-state index >= 15 is 0 Å². The third kappa shape index (κ3) is 2.59. The molecule has 1 aliphatic rings. The van der Waals surface area contributed by atoms with Gasteiger partial charge in [-0.2, -0.15) is 5.10 Å². The maximum atomic E-state index is 13.0. The second-order valence-corrected chi connectivity index (χ2v) is 6.02. The number of anilines is 1. The molecule has 0 aliphatic carbocycles. The zero-order chi connectivity index (χ0) is 16.5. The zero-order valence-electron chi connectivity index (χ0n) is 13.2. The summed E-state index contributed by atoms with van der Waals surface area (Å²) in [5.41, 5.74) is 9.67. The van der Waals surface area contributed by atoms with E-state index in [1.807, 2.05) is 54.6 Å². The first-order valence-corrected chi connectivity index (χ1v) is 7.98. The number of carbonyl (C=O) groups excluding carboxylic acids is 1. The van der Waals surface area contributed by atoms with Gasteiger partial charge in [-0.1, -0.05) is 36.4 Å². The van der Waals surface area contributed by atoms with Crippen LogP contribution in [0.1, 0.15) is 15.9 Å². The fraction of sp³-hybridized carbons (Fsp3) is 0.158. The Labute approximate surface area is 140 Å². The van der Waals surface area contributed by atoms with Gasteiger partial charge in [-0.3, -0.25) is 4.79 Å². The number of hydrogen-bond donors (Lipinski definition) is 1. The summed E-state index contributed by atoms with van der Waals surface area (Å²) in [6.07, 6.45) is 4.17. The molecule has 0 saturated heterocycles. The number of benzene rings is 2. The van der Waals surface area contributed by atoms with Gasteiger partial charge < -0.3 is 10.6 Å². The summed E-state index contributed by atoms with van der Waals surface area (Å²) in [6, 6.07) is 17.6. The lowest BCUT2D eigenvalue weighted by Crippen LogP contribution is -2.46. The van der Waals surface area contributed by atoms with E-state index in [4.69, 9.17) is 5.73 Å². The Morgan fingerprint density at radius 2 is 1.83 bits per heavy atom. The topological polar surface area (TPSA) is 64.2 Å². The Morgan fingerprint density at radius 1 is 1.08 bits per heavy atom. The molecule has 3 aromatic rings. The van der Waals surface area contributed by atoms with Crippen molar-refractivity contribution < 1.29 is 4.79 Å². The molecule has 2 aromatic carbocycles. The molecular weight excluding hydrogens is 300 g/mol. The summed E-state index contributed by atoms with van der Waals surface area (Å²) >= 11 is 0. The maximum absolute atomic E-state index is 13.0. The normalized spacial score (nSPS) is 16.7. The number of rotatable bonds is 2. The number of fused-ring (bicyclic) bond motifs is 1. The number of carbonyl (C=O) groups is 1. The Hall–Kier alpha value is -2.92. The lowest BCUT2D eigenvalue weighted by atomic mass is 9.98. The Morgan fingerprint density at radius 3 is 2.67 bits per heavy atom. The van der Waals surface area contributed by atoms with Crippen molar-refractivity contribution >= 4 is 11.6 Å². The molecule has 0 bridgehead atoms. The van der Waals surface area contributed by atoms with Crippen LogP contribution in [0, 0.1) is 0 Å². The van der Waals surface area contributed by atoms with Crippen molar-refractivity contribution in [2.75, 3.05) is 11.4 Å². The number of hydrogen-bond acceptors (Lipinski definition) is 3. The highest BCUT2D eigenvalue weighted by molar-refractivity contribution is 6.06. The summed E-state index contributed by atoms with van der Waals surface area (Å²) in [4.78, 5) is 14.7. The van der Waals surface area contributed by atoms with Gasteiger partial charge in [0.25, 0.3) is 5.91 Å². The van der Waals surface area contributed by atoms with Crippen LogP contribution in [0.15, 0.2) is 67.0 Å². The van der Waals surface area contributed by atoms with E-state index in [-0.39, 0.29) is 11.9 Å². The molecule has 1 aromatic heterocycles. The van der Waals surface area contributed by atoms with Crippen LogP contribution in [0.25, 0.3) is 5.69 Å². The smallest absolute Gasteiger partial charge is 0.261 e. The van der Waals surface area contributed by atoms with E-state index in [1.165, 1.54) is 0 Å². The zero-order valence-corrected chi connectivity index (χ0v) is 13.2. The average molecular weight is 318 g/mol. The highest BCUT2D eigenvalue weighted by Gasteiger charge is 2.27. The van der Waals surface area contributed by atoms with Crippen molar-refractivity contribution in [3.05, 3.63) is 78.1 Å². The van der Waals surface area contributed by atoms with Crippen LogP contribution < -0.4 is 10.6 Å². The number of nitrogens with zero attached hydrogens (tertiary/aromatic N) is 3. The lowest BCUT2D eigenvalue weighted by molar-refractivity contribution is 0.0983. The van der Waals surface area contributed by atoms with Gasteiger partial charge >= 0.3 is 0 Å². The highest BCUT2D eigenvalue weighted by Crippen LogP contribution is 2.27. The summed E-state index contributed by atoms with van der Waals surface area (Å²) < 4.78 is 1.71. The van der Waals surface area contributed by atoms with Gasteiger partial charge in [0.2, 0.25) is 0 Å². The van der Waals surface area contributed by atoms with Crippen LogP contribution in [0.3, 0.4) is 0 Å². The first kappa shape index (κ1) is 14.7. The Kier molecular flexibility index (Phi) is 3.63. The molecule has 1 amide bonds. The molecule has 4 rings (SSSR count).